The SMILES string of the molecule is COC[C@H](C)N/C(=N/C(=O)c1ccc(F)c(F)c1)Nc1nn(C(=O)OCOC(=O)c2ccc(COP(=O)(OC(C)(C)C)OC(C)(C)C)cc2)c2cc(C)ccc12. The van der Waals surface area contributed by atoms with E-state index in [2.05, 4.69) is 20.7 Å². The number of benzene rings is 3. The number of ether oxygens (including phenoxy) is 3. The maximum atomic E-state index is 13.9. The molecule has 15 nitrogen and oxygen atoms in total. The lowest BCUT2D eigenvalue weighted by atomic mass is 10.1. The fourth-order valence-electron chi connectivity index (χ4n) is 4.90. The zero-order valence-corrected chi connectivity index (χ0v) is 33.5. The van der Waals surface area contributed by atoms with E-state index in [1.165, 1.54) is 19.2 Å². The second kappa shape index (κ2) is 18.3. The van der Waals surface area contributed by atoms with Crippen LogP contribution in [0.1, 0.15) is 80.3 Å². The summed E-state index contributed by atoms with van der Waals surface area (Å²) in [4.78, 5) is 43.0. The van der Waals surface area contributed by atoms with Crippen molar-refractivity contribution in [2.75, 3.05) is 25.8 Å². The first kappa shape index (κ1) is 43.7. The highest BCUT2D eigenvalue weighted by atomic mass is 31.2. The van der Waals surface area contributed by atoms with Gasteiger partial charge < -0.3 is 24.8 Å². The van der Waals surface area contributed by atoms with Crippen molar-refractivity contribution < 1.29 is 55.5 Å². The summed E-state index contributed by atoms with van der Waals surface area (Å²) in [5.41, 5.74) is -0.0365. The molecule has 56 heavy (non-hydrogen) atoms. The minimum absolute atomic E-state index is 0.0817. The van der Waals surface area contributed by atoms with Crippen LogP contribution >= 0.6 is 7.82 Å². The molecule has 0 unspecified atom stereocenters. The summed E-state index contributed by atoms with van der Waals surface area (Å²) in [5, 5.41) is 10.6. The number of anilines is 1. The van der Waals surface area contributed by atoms with E-state index < -0.39 is 55.4 Å². The zero-order chi connectivity index (χ0) is 41.4. The van der Waals surface area contributed by atoms with Crippen LogP contribution in [0.4, 0.5) is 19.4 Å². The molecule has 0 aliphatic heterocycles. The van der Waals surface area contributed by atoms with E-state index >= 15 is 0 Å². The third-order valence-electron chi connectivity index (χ3n) is 7.15. The van der Waals surface area contributed by atoms with Crippen LogP contribution in [0.5, 0.6) is 0 Å². The molecule has 302 valence electrons. The molecule has 0 radical (unpaired) electrons. The molecule has 0 spiro atoms. The van der Waals surface area contributed by atoms with E-state index in [0.717, 1.165) is 28.4 Å². The van der Waals surface area contributed by atoms with E-state index in [-0.39, 0.29) is 42.2 Å². The molecule has 0 aliphatic carbocycles. The Labute approximate surface area is 323 Å². The number of halogens is 2. The van der Waals surface area contributed by atoms with Crippen molar-refractivity contribution in [3.63, 3.8) is 0 Å². The third kappa shape index (κ3) is 12.7. The quantitative estimate of drug-likeness (QED) is 0.0439. The van der Waals surface area contributed by atoms with Gasteiger partial charge in [-0.25, -0.2) is 22.9 Å². The van der Waals surface area contributed by atoms with Gasteiger partial charge >= 0.3 is 19.9 Å². The van der Waals surface area contributed by atoms with Crippen LogP contribution in [0.2, 0.25) is 0 Å². The third-order valence-corrected chi connectivity index (χ3v) is 9.14. The average molecular weight is 802 g/mol. The van der Waals surface area contributed by atoms with Crippen molar-refractivity contribution in [2.24, 2.45) is 4.99 Å². The monoisotopic (exact) mass is 801 g/mol. The van der Waals surface area contributed by atoms with Gasteiger partial charge in [-0.05, 0) is 109 Å². The number of methoxy groups -OCH3 is 1. The molecule has 1 atom stereocenters. The molecule has 0 saturated carbocycles. The molecule has 1 aromatic heterocycles. The highest BCUT2D eigenvalue weighted by Gasteiger charge is 2.37. The number of nitrogens with zero attached hydrogens (tertiary/aromatic N) is 3. The van der Waals surface area contributed by atoms with Gasteiger partial charge in [0.15, 0.2) is 17.5 Å². The van der Waals surface area contributed by atoms with Gasteiger partial charge in [0.05, 0.1) is 35.5 Å². The van der Waals surface area contributed by atoms with E-state index in [1.54, 1.807) is 85.7 Å². The van der Waals surface area contributed by atoms with Crippen molar-refractivity contribution in [1.82, 2.24) is 15.1 Å². The molecular formula is C38H46F2N5O10P. The van der Waals surface area contributed by atoms with Crippen LogP contribution in [-0.2, 0) is 39.0 Å². The maximum Gasteiger partial charge on any atom is 0.476 e. The minimum Gasteiger partial charge on any atom is -0.424 e. The first-order valence-corrected chi connectivity index (χ1v) is 18.8. The molecule has 4 aromatic rings. The number of amides is 1. The van der Waals surface area contributed by atoms with E-state index in [9.17, 15) is 27.7 Å². The predicted molar refractivity (Wildman–Crippen MR) is 203 cm³/mol. The highest BCUT2D eigenvalue weighted by Crippen LogP contribution is 2.55. The molecular weight excluding hydrogens is 755 g/mol. The van der Waals surface area contributed by atoms with Gasteiger partial charge in [-0.2, -0.15) is 9.67 Å². The lowest BCUT2D eigenvalue weighted by molar-refractivity contribution is -0.00325. The molecule has 0 bridgehead atoms. The summed E-state index contributed by atoms with van der Waals surface area (Å²) in [7, 11) is -2.48. The Balaban J connectivity index is 1.45. The van der Waals surface area contributed by atoms with Crippen LogP contribution in [0.15, 0.2) is 65.7 Å². The molecule has 0 fully saturated rings. The first-order valence-electron chi connectivity index (χ1n) is 17.3. The number of phosphoric acid groups is 1. The Bertz CT molecular complexity index is 2110. The maximum absolute atomic E-state index is 13.9. The number of aliphatic imine (C=N–C) groups is 1. The summed E-state index contributed by atoms with van der Waals surface area (Å²) >= 11 is 0. The van der Waals surface area contributed by atoms with Gasteiger partial charge in [-0.3, -0.25) is 18.4 Å². The zero-order valence-electron chi connectivity index (χ0n) is 32.6. The number of aromatic nitrogens is 2. The van der Waals surface area contributed by atoms with Gasteiger partial charge in [0, 0.05) is 24.1 Å². The molecule has 1 amide bonds. The standard InChI is InChI=1S/C38H46F2N5O10P/c1-23-10-16-28-31(18-23)45(44-32(28)42-35(41-24(2)20-50-9)43-33(46)27-15-17-29(39)30(40)19-27)36(48)52-22-51-34(47)26-13-11-25(12-14-26)21-53-56(49,54-37(3,4)5)55-38(6,7)8/h10-19,24H,20-22H2,1-9H3,(H2,41,42,43,44,46)/t24-/m0/s1. The molecule has 0 saturated heterocycles. The number of carbonyl (C=O) groups excluding carboxylic acids is 3. The normalized spacial score (nSPS) is 13.0. The summed E-state index contributed by atoms with van der Waals surface area (Å²) in [6, 6.07) is 13.4. The Morgan fingerprint density at radius 3 is 2.14 bits per heavy atom. The summed E-state index contributed by atoms with van der Waals surface area (Å²) < 4.78 is 74.1. The van der Waals surface area contributed by atoms with Crippen LogP contribution in [0, 0.1) is 18.6 Å². The van der Waals surface area contributed by atoms with Crippen LogP contribution in [0.25, 0.3) is 10.9 Å². The van der Waals surface area contributed by atoms with Crippen LogP contribution in [0.3, 0.4) is 0 Å². The second-order valence-corrected chi connectivity index (χ2v) is 16.1. The predicted octanol–water partition coefficient (Wildman–Crippen LogP) is 7.91. The number of nitrogens with one attached hydrogen (secondary N) is 2. The largest absolute Gasteiger partial charge is 0.476 e. The average Bonchev–Trinajstić information content (AvgIpc) is 3.44. The number of aryl methyl sites for hydroxylation is 1. The number of esters is 1. The van der Waals surface area contributed by atoms with E-state index in [0.29, 0.717) is 16.5 Å². The summed E-state index contributed by atoms with van der Waals surface area (Å²) in [6.07, 6.45) is -0.995. The van der Waals surface area contributed by atoms with Gasteiger partial charge in [0.2, 0.25) is 12.8 Å². The second-order valence-electron chi connectivity index (χ2n) is 14.6. The van der Waals surface area contributed by atoms with Gasteiger partial charge in [0.1, 0.15) is 0 Å². The van der Waals surface area contributed by atoms with Gasteiger partial charge in [-0.1, -0.05) is 18.2 Å². The Kier molecular flexibility index (Phi) is 14.2. The fourth-order valence-corrected chi connectivity index (χ4v) is 6.69. The molecule has 4 rings (SSSR count). The number of hydrogen-bond acceptors (Lipinski definition) is 11. The van der Waals surface area contributed by atoms with E-state index in [1.807, 2.05) is 0 Å². The number of fused-ring (bicyclic) bond motifs is 1. The number of hydrogen-bond donors (Lipinski definition) is 2. The smallest absolute Gasteiger partial charge is 0.424 e. The number of guanidine groups is 1. The molecule has 0 aliphatic rings. The summed E-state index contributed by atoms with van der Waals surface area (Å²) in [5.74, 6) is -4.07. The lowest BCUT2D eigenvalue weighted by Gasteiger charge is -2.30. The number of carbonyl (C=O) groups is 3. The van der Waals surface area contributed by atoms with Crippen LogP contribution in [-0.4, -0.2) is 71.5 Å². The molecule has 2 N–H and O–H groups in total. The fraction of sp³-hybridized carbons (Fsp3) is 0.395. The van der Waals surface area contributed by atoms with Crippen molar-refractivity contribution in [3.05, 3.63) is 94.6 Å². The van der Waals surface area contributed by atoms with Gasteiger partial charge in [0.25, 0.3) is 5.91 Å². The Morgan fingerprint density at radius 2 is 1.54 bits per heavy atom. The Morgan fingerprint density at radius 1 is 0.893 bits per heavy atom. The van der Waals surface area contributed by atoms with Crippen molar-refractivity contribution in [1.29, 1.82) is 0 Å². The van der Waals surface area contributed by atoms with Crippen molar-refractivity contribution in [3.8, 4) is 0 Å². The Hall–Kier alpha value is -5.06. The molecule has 1 heterocycles. The molecule has 3 aromatic carbocycles. The first-order chi connectivity index (χ1) is 26.1. The van der Waals surface area contributed by atoms with Crippen molar-refractivity contribution >= 4 is 48.5 Å². The van der Waals surface area contributed by atoms with E-state index in [4.69, 9.17) is 27.8 Å². The summed E-state index contributed by atoms with van der Waals surface area (Å²) in [6.45, 7) is 13.2. The highest BCUT2D eigenvalue weighted by molar-refractivity contribution is 7.48. The minimum atomic E-state index is -3.96. The van der Waals surface area contributed by atoms with Crippen LogP contribution < -0.4 is 10.6 Å². The topological polar surface area (TPSA) is 178 Å². The van der Waals surface area contributed by atoms with Gasteiger partial charge in [-0.15, -0.1) is 5.10 Å². The molecule has 18 heteroatoms. The number of phosphoric ester groups is 1. The van der Waals surface area contributed by atoms with Crippen molar-refractivity contribution in [2.45, 2.75) is 79.2 Å². The number of rotatable bonds is 13. The lowest BCUT2D eigenvalue weighted by Crippen LogP contribution is -2.40.